The molecule has 128 valence electrons. The summed E-state index contributed by atoms with van der Waals surface area (Å²) in [4.78, 5) is 12.1. The van der Waals surface area contributed by atoms with Crippen LogP contribution in [-0.2, 0) is 0 Å². The van der Waals surface area contributed by atoms with E-state index in [1.165, 1.54) is 12.8 Å². The van der Waals surface area contributed by atoms with Crippen molar-refractivity contribution in [1.82, 2.24) is 5.32 Å². The van der Waals surface area contributed by atoms with Gasteiger partial charge in [-0.2, -0.15) is 0 Å². The number of rotatable bonds is 7. The number of carbonyl (C=O) groups excluding carboxylic acids is 1. The highest BCUT2D eigenvalue weighted by Crippen LogP contribution is 2.30. The Morgan fingerprint density at radius 1 is 1.39 bits per heavy atom. The van der Waals surface area contributed by atoms with Gasteiger partial charge in [-0.3, -0.25) is 0 Å². The minimum atomic E-state index is -0.225. The third kappa shape index (κ3) is 5.43. The van der Waals surface area contributed by atoms with Crippen LogP contribution in [0.4, 0.5) is 10.5 Å². The third-order valence-electron chi connectivity index (χ3n) is 4.30. The fourth-order valence-electron chi connectivity index (χ4n) is 2.92. The molecule has 2 amide bonds. The number of ether oxygens (including phenoxy) is 1. The Balaban J connectivity index is 1.92. The quantitative estimate of drug-likeness (QED) is 0.719. The predicted octanol–water partition coefficient (Wildman–Crippen LogP) is 3.60. The third-order valence-corrected chi connectivity index (χ3v) is 4.30. The van der Waals surface area contributed by atoms with Gasteiger partial charge >= 0.3 is 6.03 Å². The molecule has 0 aromatic heterocycles. The fraction of sp³-hybridized carbons (Fsp3) is 0.611. The molecule has 5 heteroatoms. The van der Waals surface area contributed by atoms with Crippen molar-refractivity contribution in [3.63, 3.8) is 0 Å². The van der Waals surface area contributed by atoms with Gasteiger partial charge in [0.2, 0.25) is 0 Å². The number of hydrogen-bond acceptors (Lipinski definition) is 3. The zero-order chi connectivity index (χ0) is 16.7. The Labute approximate surface area is 138 Å². The van der Waals surface area contributed by atoms with Crippen molar-refractivity contribution < 1.29 is 14.6 Å². The Morgan fingerprint density at radius 2 is 2.13 bits per heavy atom. The van der Waals surface area contributed by atoms with Gasteiger partial charge in [0.25, 0.3) is 0 Å². The molecule has 1 atom stereocenters. The van der Waals surface area contributed by atoms with E-state index >= 15 is 0 Å². The van der Waals surface area contributed by atoms with Crippen LogP contribution in [0.2, 0.25) is 0 Å². The molecule has 0 heterocycles. The average Bonchev–Trinajstić information content (AvgIpc) is 3.02. The van der Waals surface area contributed by atoms with E-state index < -0.39 is 0 Å². The summed E-state index contributed by atoms with van der Waals surface area (Å²) in [5, 5.41) is 14.6. The topological polar surface area (TPSA) is 70.6 Å². The summed E-state index contributed by atoms with van der Waals surface area (Å²) in [5.74, 6) is 0.850. The summed E-state index contributed by atoms with van der Waals surface area (Å²) in [6.45, 7) is 4.05. The first-order valence-corrected chi connectivity index (χ1v) is 8.54. The molecule has 0 bridgehead atoms. The number of benzene rings is 1. The predicted molar refractivity (Wildman–Crippen MR) is 92.0 cm³/mol. The van der Waals surface area contributed by atoms with Crippen LogP contribution in [0.1, 0.15) is 51.0 Å². The van der Waals surface area contributed by atoms with Crippen LogP contribution in [-0.4, -0.2) is 29.9 Å². The van der Waals surface area contributed by atoms with Gasteiger partial charge in [-0.25, -0.2) is 4.79 Å². The Morgan fingerprint density at radius 3 is 2.83 bits per heavy atom. The summed E-state index contributed by atoms with van der Waals surface area (Å²) in [7, 11) is 0. The molecular weight excluding hydrogens is 292 g/mol. The van der Waals surface area contributed by atoms with Crippen LogP contribution < -0.4 is 15.4 Å². The fourth-order valence-corrected chi connectivity index (χ4v) is 2.92. The largest absolute Gasteiger partial charge is 0.490 e. The molecule has 1 fully saturated rings. The van der Waals surface area contributed by atoms with E-state index in [1.807, 2.05) is 32.0 Å². The lowest BCUT2D eigenvalue weighted by atomic mass is 10.1. The van der Waals surface area contributed by atoms with Crippen molar-refractivity contribution in [2.24, 2.45) is 0 Å². The maximum Gasteiger partial charge on any atom is 0.319 e. The molecule has 1 aromatic rings. The number of aliphatic hydroxyl groups is 1. The maximum absolute atomic E-state index is 12.1. The second kappa shape index (κ2) is 8.77. The van der Waals surface area contributed by atoms with E-state index in [0.717, 1.165) is 36.3 Å². The number of hydrogen-bond donors (Lipinski definition) is 3. The minimum Gasteiger partial charge on any atom is -0.490 e. The number of amides is 2. The molecule has 1 aliphatic rings. The van der Waals surface area contributed by atoms with Gasteiger partial charge in [0, 0.05) is 23.9 Å². The van der Waals surface area contributed by atoms with Gasteiger partial charge in [0.05, 0.1) is 6.10 Å². The summed E-state index contributed by atoms with van der Waals surface area (Å²) in [6, 6.07) is 5.55. The van der Waals surface area contributed by atoms with Crippen molar-refractivity contribution >= 4 is 11.7 Å². The maximum atomic E-state index is 12.1. The molecule has 2 rings (SSSR count). The molecule has 1 aromatic carbocycles. The second-order valence-electron chi connectivity index (χ2n) is 6.32. The Hall–Kier alpha value is -1.75. The molecule has 1 saturated carbocycles. The van der Waals surface area contributed by atoms with Gasteiger partial charge in [-0.1, -0.05) is 6.07 Å². The highest BCUT2D eigenvalue weighted by Gasteiger charge is 2.18. The van der Waals surface area contributed by atoms with Crippen molar-refractivity contribution in [1.29, 1.82) is 0 Å². The van der Waals surface area contributed by atoms with Gasteiger partial charge in [0.1, 0.15) is 5.75 Å². The minimum absolute atomic E-state index is 0.0281. The number of carbonyl (C=O) groups is 1. The highest BCUT2D eigenvalue weighted by atomic mass is 16.5. The van der Waals surface area contributed by atoms with Crippen molar-refractivity contribution in [3.8, 4) is 5.75 Å². The van der Waals surface area contributed by atoms with Crippen molar-refractivity contribution in [2.45, 2.75) is 64.5 Å². The molecule has 1 unspecified atom stereocenters. The first kappa shape index (κ1) is 17.6. The van der Waals surface area contributed by atoms with Crippen molar-refractivity contribution in [2.75, 3.05) is 11.9 Å². The summed E-state index contributed by atoms with van der Waals surface area (Å²) >= 11 is 0. The monoisotopic (exact) mass is 320 g/mol. The van der Waals surface area contributed by atoms with Crippen LogP contribution in [0, 0.1) is 6.92 Å². The van der Waals surface area contributed by atoms with Crippen LogP contribution in [0.15, 0.2) is 18.2 Å². The molecule has 3 N–H and O–H groups in total. The molecule has 1 aliphatic carbocycles. The summed E-state index contributed by atoms with van der Waals surface area (Å²) in [5.41, 5.74) is 1.73. The number of urea groups is 1. The molecule has 0 spiro atoms. The standard InChI is InChI=1S/C18H28N2O3/c1-13(7-6-12-21)19-18(22)20-16-10-5-11-17(14(16)2)23-15-8-3-4-9-15/h5,10-11,13,15,21H,3-4,6-9,12H2,1-2H3,(H2,19,20,22). The molecule has 5 nitrogen and oxygen atoms in total. The lowest BCUT2D eigenvalue weighted by Gasteiger charge is -2.18. The zero-order valence-corrected chi connectivity index (χ0v) is 14.1. The Bertz CT molecular complexity index is 513. The lowest BCUT2D eigenvalue weighted by Crippen LogP contribution is -2.36. The first-order valence-electron chi connectivity index (χ1n) is 8.54. The van der Waals surface area contributed by atoms with E-state index in [1.54, 1.807) is 0 Å². The van der Waals surface area contributed by atoms with E-state index in [-0.39, 0.29) is 18.7 Å². The second-order valence-corrected chi connectivity index (χ2v) is 6.32. The SMILES string of the molecule is Cc1c(NC(=O)NC(C)CCCO)cccc1OC1CCCC1. The van der Waals surface area contributed by atoms with E-state index in [2.05, 4.69) is 10.6 Å². The molecule has 0 radical (unpaired) electrons. The van der Waals surface area contributed by atoms with Crippen molar-refractivity contribution in [3.05, 3.63) is 23.8 Å². The zero-order valence-electron chi connectivity index (χ0n) is 14.1. The first-order chi connectivity index (χ1) is 11.1. The summed E-state index contributed by atoms with van der Waals surface area (Å²) < 4.78 is 6.06. The van der Waals surface area contributed by atoms with Gasteiger partial charge in [0.15, 0.2) is 0 Å². The molecule has 0 saturated heterocycles. The van der Waals surface area contributed by atoms with Crippen LogP contribution in [0.25, 0.3) is 0 Å². The van der Waals surface area contributed by atoms with Gasteiger partial charge in [-0.15, -0.1) is 0 Å². The average molecular weight is 320 g/mol. The molecule has 23 heavy (non-hydrogen) atoms. The Kier molecular flexibility index (Phi) is 6.71. The normalized spacial score (nSPS) is 16.1. The number of aliphatic hydroxyl groups excluding tert-OH is 1. The molecular formula is C18H28N2O3. The number of nitrogens with one attached hydrogen (secondary N) is 2. The molecule has 0 aliphatic heterocycles. The van der Waals surface area contributed by atoms with Crippen LogP contribution >= 0.6 is 0 Å². The smallest absolute Gasteiger partial charge is 0.319 e. The van der Waals surface area contributed by atoms with Crippen LogP contribution in [0.5, 0.6) is 5.75 Å². The van der Waals surface area contributed by atoms with E-state index in [9.17, 15) is 4.79 Å². The highest BCUT2D eigenvalue weighted by molar-refractivity contribution is 5.90. The van der Waals surface area contributed by atoms with E-state index in [4.69, 9.17) is 9.84 Å². The van der Waals surface area contributed by atoms with E-state index in [0.29, 0.717) is 12.5 Å². The summed E-state index contributed by atoms with van der Waals surface area (Å²) in [6.07, 6.45) is 6.43. The van der Waals surface area contributed by atoms with Gasteiger partial charge in [-0.05, 0) is 64.5 Å². The van der Waals surface area contributed by atoms with Gasteiger partial charge < -0.3 is 20.5 Å². The van der Waals surface area contributed by atoms with Crippen LogP contribution in [0.3, 0.4) is 0 Å². The lowest BCUT2D eigenvalue weighted by molar-refractivity contribution is 0.209. The number of anilines is 1.